The lowest BCUT2D eigenvalue weighted by atomic mass is 10.00. The monoisotopic (exact) mass is 247 g/mol. The Kier molecular flexibility index (Phi) is 2.87. The largest absolute Gasteiger partial charge is 0.396 e. The van der Waals surface area contributed by atoms with Gasteiger partial charge in [0.2, 0.25) is 0 Å². The van der Waals surface area contributed by atoms with Crippen LogP contribution in [0.25, 0.3) is 11.2 Å². The minimum Gasteiger partial charge on any atom is -0.396 e. The Morgan fingerprint density at radius 1 is 1.33 bits per heavy atom. The molecule has 0 saturated heterocycles. The number of aliphatic hydroxyl groups is 1. The number of fused-ring (bicyclic) bond motifs is 1. The van der Waals surface area contributed by atoms with Crippen molar-refractivity contribution in [2.24, 2.45) is 5.92 Å². The second-order valence-corrected chi connectivity index (χ2v) is 4.85. The van der Waals surface area contributed by atoms with Gasteiger partial charge in [0.1, 0.15) is 11.8 Å². The highest BCUT2D eigenvalue weighted by atomic mass is 16.3. The van der Waals surface area contributed by atoms with E-state index in [1.54, 1.807) is 6.33 Å². The Morgan fingerprint density at radius 3 is 3.06 bits per heavy atom. The Labute approximate surface area is 105 Å². The van der Waals surface area contributed by atoms with Gasteiger partial charge in [0.25, 0.3) is 0 Å². The number of aliphatic hydroxyl groups excluding tert-OH is 1. The highest BCUT2D eigenvalue weighted by Gasteiger charge is 2.29. The first-order valence-electron chi connectivity index (χ1n) is 6.35. The number of nitrogen functional groups attached to an aromatic ring is 1. The molecule has 0 radical (unpaired) electrons. The van der Waals surface area contributed by atoms with Crippen LogP contribution in [0.15, 0.2) is 12.7 Å². The maximum absolute atomic E-state index is 9.13. The number of hydrogen-bond donors (Lipinski definition) is 2. The number of nitrogens with zero attached hydrogens (tertiary/aromatic N) is 4. The summed E-state index contributed by atoms with van der Waals surface area (Å²) in [4.78, 5) is 12.5. The fourth-order valence-corrected chi connectivity index (χ4v) is 3.00. The second kappa shape index (κ2) is 4.53. The van der Waals surface area contributed by atoms with Gasteiger partial charge >= 0.3 is 0 Å². The van der Waals surface area contributed by atoms with E-state index in [0.717, 1.165) is 24.9 Å². The fourth-order valence-electron chi connectivity index (χ4n) is 3.00. The van der Waals surface area contributed by atoms with Crippen molar-refractivity contribution in [2.45, 2.75) is 31.7 Å². The molecule has 1 fully saturated rings. The van der Waals surface area contributed by atoms with Crippen molar-refractivity contribution in [1.82, 2.24) is 19.5 Å². The van der Waals surface area contributed by atoms with E-state index in [0.29, 0.717) is 23.3 Å². The molecule has 18 heavy (non-hydrogen) atoms. The minimum absolute atomic E-state index is 0.241. The molecular formula is C12H17N5O. The van der Waals surface area contributed by atoms with Gasteiger partial charge in [-0.25, -0.2) is 15.0 Å². The number of aromatic nitrogens is 4. The Morgan fingerprint density at radius 2 is 2.22 bits per heavy atom. The van der Waals surface area contributed by atoms with Crippen LogP contribution in [0.5, 0.6) is 0 Å². The normalized spacial score (nSPS) is 23.8. The van der Waals surface area contributed by atoms with E-state index >= 15 is 0 Å². The number of rotatable bonds is 3. The molecule has 0 amide bonds. The van der Waals surface area contributed by atoms with Gasteiger partial charge in [-0.1, -0.05) is 6.42 Å². The van der Waals surface area contributed by atoms with Crippen LogP contribution in [0.3, 0.4) is 0 Å². The molecule has 6 nitrogen and oxygen atoms in total. The second-order valence-electron chi connectivity index (χ2n) is 4.85. The fraction of sp³-hybridized carbons (Fsp3) is 0.583. The molecule has 3 N–H and O–H groups in total. The van der Waals surface area contributed by atoms with Crippen molar-refractivity contribution in [1.29, 1.82) is 0 Å². The van der Waals surface area contributed by atoms with Crippen molar-refractivity contribution < 1.29 is 5.11 Å². The summed E-state index contributed by atoms with van der Waals surface area (Å²) in [5.74, 6) is 0.930. The Bertz CT molecular complexity index is 552. The molecule has 1 aliphatic rings. The molecule has 0 aromatic carbocycles. The quantitative estimate of drug-likeness (QED) is 0.848. The van der Waals surface area contributed by atoms with Crippen molar-refractivity contribution in [3.63, 3.8) is 0 Å². The average Bonchev–Trinajstić information content (AvgIpc) is 2.96. The van der Waals surface area contributed by atoms with Gasteiger partial charge in [0.05, 0.1) is 6.33 Å². The number of imidazole rings is 1. The summed E-state index contributed by atoms with van der Waals surface area (Å²) in [5.41, 5.74) is 7.27. The predicted molar refractivity (Wildman–Crippen MR) is 67.8 cm³/mol. The first-order chi connectivity index (χ1) is 8.81. The molecule has 96 valence electrons. The zero-order valence-electron chi connectivity index (χ0n) is 10.2. The van der Waals surface area contributed by atoms with Crippen LogP contribution in [-0.4, -0.2) is 31.2 Å². The van der Waals surface area contributed by atoms with Crippen molar-refractivity contribution in [3.05, 3.63) is 12.7 Å². The maximum atomic E-state index is 9.13. The van der Waals surface area contributed by atoms with Gasteiger partial charge in [-0.05, 0) is 25.2 Å². The predicted octanol–water partition coefficient (Wildman–Crippen LogP) is 1.13. The van der Waals surface area contributed by atoms with Gasteiger partial charge in [-0.3, -0.25) is 0 Å². The van der Waals surface area contributed by atoms with E-state index < -0.39 is 0 Å². The number of anilines is 1. The molecule has 2 atom stereocenters. The summed E-state index contributed by atoms with van der Waals surface area (Å²) in [6.45, 7) is 0.241. The lowest BCUT2D eigenvalue weighted by molar-refractivity contribution is 0.236. The first-order valence-corrected chi connectivity index (χ1v) is 6.35. The van der Waals surface area contributed by atoms with Crippen LogP contribution in [0.4, 0.5) is 5.82 Å². The van der Waals surface area contributed by atoms with Gasteiger partial charge in [-0.15, -0.1) is 0 Å². The molecule has 1 saturated carbocycles. The number of hydrogen-bond acceptors (Lipinski definition) is 5. The molecule has 2 heterocycles. The van der Waals surface area contributed by atoms with Crippen LogP contribution >= 0.6 is 0 Å². The molecule has 2 aromatic heterocycles. The van der Waals surface area contributed by atoms with Gasteiger partial charge in [0, 0.05) is 12.6 Å². The van der Waals surface area contributed by atoms with E-state index in [4.69, 9.17) is 10.8 Å². The average molecular weight is 247 g/mol. The summed E-state index contributed by atoms with van der Waals surface area (Å²) >= 11 is 0. The van der Waals surface area contributed by atoms with Crippen LogP contribution in [0, 0.1) is 5.92 Å². The summed E-state index contributed by atoms with van der Waals surface area (Å²) in [6, 6.07) is 0.372. The zero-order valence-corrected chi connectivity index (χ0v) is 10.2. The third-order valence-electron chi connectivity index (χ3n) is 3.86. The highest BCUT2D eigenvalue weighted by Crippen LogP contribution is 2.39. The smallest absolute Gasteiger partial charge is 0.165 e. The van der Waals surface area contributed by atoms with Crippen LogP contribution in [0.2, 0.25) is 0 Å². The molecular weight excluding hydrogens is 230 g/mol. The van der Waals surface area contributed by atoms with Gasteiger partial charge < -0.3 is 15.4 Å². The SMILES string of the molecule is Nc1ncnc2c1ncn2[C@@H]1CCC[C@H]1CCO. The topological polar surface area (TPSA) is 89.9 Å². The van der Waals surface area contributed by atoms with Crippen LogP contribution < -0.4 is 5.73 Å². The highest BCUT2D eigenvalue weighted by molar-refractivity contribution is 5.81. The molecule has 6 heteroatoms. The van der Waals surface area contributed by atoms with Crippen LogP contribution in [0.1, 0.15) is 31.7 Å². The molecule has 0 bridgehead atoms. The third kappa shape index (κ3) is 1.73. The summed E-state index contributed by atoms with van der Waals surface area (Å²) < 4.78 is 2.10. The summed E-state index contributed by atoms with van der Waals surface area (Å²) in [5, 5.41) is 9.13. The van der Waals surface area contributed by atoms with E-state index in [-0.39, 0.29) is 6.61 Å². The molecule has 3 rings (SSSR count). The first kappa shape index (κ1) is 11.4. The molecule has 2 aromatic rings. The molecule has 1 aliphatic carbocycles. The lowest BCUT2D eigenvalue weighted by Crippen LogP contribution is -2.15. The van der Waals surface area contributed by atoms with Gasteiger partial charge in [-0.2, -0.15) is 0 Å². The Hall–Kier alpha value is -1.69. The standard InChI is InChI=1S/C12H17N5O/c13-11-10-12(15-6-14-11)17(7-16-10)9-3-1-2-8(9)4-5-18/h6-9,18H,1-5H2,(H2,13,14,15)/t8-,9+/m0/s1. The third-order valence-corrected chi connectivity index (χ3v) is 3.86. The lowest BCUT2D eigenvalue weighted by Gasteiger charge is -2.20. The number of nitrogens with two attached hydrogens (primary N) is 1. The van der Waals surface area contributed by atoms with E-state index in [1.807, 2.05) is 0 Å². The van der Waals surface area contributed by atoms with Crippen molar-refractivity contribution in [2.75, 3.05) is 12.3 Å². The van der Waals surface area contributed by atoms with E-state index in [9.17, 15) is 0 Å². The summed E-state index contributed by atoms with van der Waals surface area (Å²) in [6.07, 6.45) is 7.58. The van der Waals surface area contributed by atoms with Crippen molar-refractivity contribution in [3.8, 4) is 0 Å². The minimum atomic E-state index is 0.241. The zero-order chi connectivity index (χ0) is 12.5. The summed E-state index contributed by atoms with van der Waals surface area (Å²) in [7, 11) is 0. The molecule has 0 spiro atoms. The van der Waals surface area contributed by atoms with E-state index in [2.05, 4.69) is 19.5 Å². The molecule has 0 unspecified atom stereocenters. The van der Waals surface area contributed by atoms with Gasteiger partial charge in [0.15, 0.2) is 11.5 Å². The Balaban J connectivity index is 2.01. The van der Waals surface area contributed by atoms with E-state index in [1.165, 1.54) is 12.7 Å². The van der Waals surface area contributed by atoms with Crippen LogP contribution in [-0.2, 0) is 0 Å². The maximum Gasteiger partial charge on any atom is 0.165 e. The van der Waals surface area contributed by atoms with Crippen molar-refractivity contribution >= 4 is 17.0 Å². The molecule has 0 aliphatic heterocycles.